The molecule has 2 heterocycles. The van der Waals surface area contributed by atoms with Crippen molar-refractivity contribution in [1.82, 2.24) is 0 Å². The van der Waals surface area contributed by atoms with Gasteiger partial charge in [0.2, 0.25) is 0 Å². The Labute approximate surface area is 160 Å². The van der Waals surface area contributed by atoms with Crippen molar-refractivity contribution in [3.63, 3.8) is 0 Å². The molecule has 0 aliphatic carbocycles. The van der Waals surface area contributed by atoms with Crippen LogP contribution in [0.4, 0.5) is 11.4 Å². The molecule has 1 aromatic heterocycles. The molecule has 0 bridgehead atoms. The van der Waals surface area contributed by atoms with E-state index in [0.717, 1.165) is 11.3 Å². The number of anilines is 2. The van der Waals surface area contributed by atoms with Crippen LogP contribution in [0.5, 0.6) is 0 Å². The molecule has 0 spiro atoms. The fraction of sp³-hybridized carbons (Fsp3) is 0.312. The van der Waals surface area contributed by atoms with Gasteiger partial charge >= 0.3 is 5.97 Å². The Bertz CT molecular complexity index is 907. The summed E-state index contributed by atoms with van der Waals surface area (Å²) in [5, 5.41) is 1.93. The van der Waals surface area contributed by atoms with E-state index in [1.165, 1.54) is 18.6 Å². The third kappa shape index (κ3) is 3.96. The standard InChI is InChI=1S/C16H17ClN2O5S2/c1-23-16(20)15-14(4-9-25-15)26(21,22)18-12-10-11(17)2-3-13(12)19-5-7-24-8-6-19/h2-4,9-10,18H,5-8H2,1H3. The number of thiophene rings is 1. The number of halogens is 1. The van der Waals surface area contributed by atoms with Crippen molar-refractivity contribution in [3.8, 4) is 0 Å². The third-order valence-electron chi connectivity index (χ3n) is 3.84. The first kappa shape index (κ1) is 19.0. The molecule has 7 nitrogen and oxygen atoms in total. The van der Waals surface area contributed by atoms with Gasteiger partial charge < -0.3 is 14.4 Å². The Hall–Kier alpha value is -1.81. The number of morpholine rings is 1. The zero-order chi connectivity index (χ0) is 18.7. The van der Waals surface area contributed by atoms with Crippen molar-refractivity contribution < 1.29 is 22.7 Å². The quantitative estimate of drug-likeness (QED) is 0.754. The zero-order valence-electron chi connectivity index (χ0n) is 13.9. The second-order valence-corrected chi connectivity index (χ2v) is 8.48. The molecule has 3 rings (SSSR count). The summed E-state index contributed by atoms with van der Waals surface area (Å²) in [6, 6.07) is 6.39. The van der Waals surface area contributed by atoms with E-state index in [1.807, 2.05) is 4.90 Å². The Balaban J connectivity index is 1.96. The summed E-state index contributed by atoms with van der Waals surface area (Å²) >= 11 is 7.07. The van der Waals surface area contributed by atoms with E-state index >= 15 is 0 Å². The van der Waals surface area contributed by atoms with Gasteiger partial charge in [0.25, 0.3) is 10.0 Å². The van der Waals surface area contributed by atoms with Crippen LogP contribution in [0.25, 0.3) is 0 Å². The zero-order valence-corrected chi connectivity index (χ0v) is 16.3. The van der Waals surface area contributed by atoms with Crippen molar-refractivity contribution >= 4 is 50.3 Å². The first-order valence-electron chi connectivity index (χ1n) is 7.73. The van der Waals surface area contributed by atoms with Crippen LogP contribution < -0.4 is 9.62 Å². The van der Waals surface area contributed by atoms with Gasteiger partial charge in [0.1, 0.15) is 9.77 Å². The average molecular weight is 417 g/mol. The van der Waals surface area contributed by atoms with E-state index in [0.29, 0.717) is 42.7 Å². The molecule has 1 saturated heterocycles. The first-order chi connectivity index (χ1) is 12.4. The van der Waals surface area contributed by atoms with E-state index in [2.05, 4.69) is 9.46 Å². The maximum absolute atomic E-state index is 12.9. The number of rotatable bonds is 5. The normalized spacial score (nSPS) is 14.9. The number of hydrogen-bond acceptors (Lipinski definition) is 7. The van der Waals surface area contributed by atoms with Gasteiger partial charge in [-0.25, -0.2) is 13.2 Å². The van der Waals surface area contributed by atoms with Gasteiger partial charge in [-0.1, -0.05) is 11.6 Å². The number of benzene rings is 1. The number of ether oxygens (including phenoxy) is 2. The number of nitrogens with zero attached hydrogens (tertiary/aromatic N) is 1. The molecule has 26 heavy (non-hydrogen) atoms. The largest absolute Gasteiger partial charge is 0.465 e. The van der Waals surface area contributed by atoms with Crippen molar-refractivity contribution in [2.75, 3.05) is 43.0 Å². The summed E-state index contributed by atoms with van der Waals surface area (Å²) < 4.78 is 38.3. The average Bonchev–Trinajstić information content (AvgIpc) is 3.12. The Morgan fingerprint density at radius 1 is 1.31 bits per heavy atom. The lowest BCUT2D eigenvalue weighted by atomic mass is 10.2. The minimum Gasteiger partial charge on any atom is -0.465 e. The van der Waals surface area contributed by atoms with E-state index < -0.39 is 16.0 Å². The fourth-order valence-corrected chi connectivity index (χ4v) is 5.19. The van der Waals surface area contributed by atoms with Gasteiger partial charge in [-0.15, -0.1) is 11.3 Å². The predicted octanol–water partition coefficient (Wildman–Crippen LogP) is 2.83. The summed E-state index contributed by atoms with van der Waals surface area (Å²) in [5.74, 6) is -0.695. The number of hydrogen-bond donors (Lipinski definition) is 1. The van der Waals surface area contributed by atoms with Crippen LogP contribution in [0, 0.1) is 0 Å². The third-order valence-corrected chi connectivity index (χ3v) is 6.51. The molecule has 1 aliphatic heterocycles. The summed E-state index contributed by atoms with van der Waals surface area (Å²) in [4.78, 5) is 13.7. The number of carbonyl (C=O) groups excluding carboxylic acids is 1. The molecule has 0 amide bonds. The molecule has 1 aromatic carbocycles. The highest BCUT2D eigenvalue weighted by molar-refractivity contribution is 7.93. The molecule has 0 radical (unpaired) electrons. The van der Waals surface area contributed by atoms with E-state index in [1.54, 1.807) is 18.2 Å². The summed E-state index contributed by atoms with van der Waals surface area (Å²) in [5.41, 5.74) is 1.05. The number of sulfonamides is 1. The molecule has 0 saturated carbocycles. The molecule has 1 N–H and O–H groups in total. The van der Waals surface area contributed by atoms with Crippen molar-refractivity contribution in [3.05, 3.63) is 39.5 Å². The highest BCUT2D eigenvalue weighted by atomic mass is 35.5. The van der Waals surface area contributed by atoms with E-state index in [-0.39, 0.29) is 9.77 Å². The topological polar surface area (TPSA) is 84.9 Å². The summed E-state index contributed by atoms with van der Waals surface area (Å²) in [7, 11) is -2.78. The predicted molar refractivity (Wildman–Crippen MR) is 101 cm³/mol. The molecular formula is C16H17ClN2O5S2. The van der Waals surface area contributed by atoms with Gasteiger partial charge in [-0.3, -0.25) is 4.72 Å². The molecule has 0 unspecified atom stereocenters. The molecule has 1 fully saturated rings. The molecule has 2 aromatic rings. The van der Waals surface area contributed by atoms with Crippen LogP contribution in [-0.4, -0.2) is 47.8 Å². The lowest BCUT2D eigenvalue weighted by Crippen LogP contribution is -2.36. The van der Waals surface area contributed by atoms with Gasteiger partial charge in [0, 0.05) is 18.1 Å². The van der Waals surface area contributed by atoms with Crippen LogP contribution in [0.1, 0.15) is 9.67 Å². The van der Waals surface area contributed by atoms with Gasteiger partial charge in [-0.2, -0.15) is 0 Å². The molecule has 10 heteroatoms. The minimum absolute atomic E-state index is 0.0231. The Morgan fingerprint density at radius 3 is 2.73 bits per heavy atom. The molecule has 1 aliphatic rings. The van der Waals surface area contributed by atoms with Crippen LogP contribution in [0.2, 0.25) is 5.02 Å². The lowest BCUT2D eigenvalue weighted by molar-refractivity contribution is 0.0602. The monoisotopic (exact) mass is 416 g/mol. The lowest BCUT2D eigenvalue weighted by Gasteiger charge is -2.30. The van der Waals surface area contributed by atoms with Gasteiger partial charge in [0.05, 0.1) is 31.7 Å². The fourth-order valence-electron chi connectivity index (χ4n) is 2.62. The Morgan fingerprint density at radius 2 is 2.04 bits per heavy atom. The molecular weight excluding hydrogens is 400 g/mol. The number of methoxy groups -OCH3 is 1. The number of esters is 1. The van der Waals surface area contributed by atoms with Crippen LogP contribution >= 0.6 is 22.9 Å². The van der Waals surface area contributed by atoms with Crippen molar-refractivity contribution in [1.29, 1.82) is 0 Å². The maximum atomic E-state index is 12.9. The SMILES string of the molecule is COC(=O)c1sccc1S(=O)(=O)Nc1cc(Cl)ccc1N1CCOCC1. The highest BCUT2D eigenvalue weighted by Gasteiger charge is 2.26. The Kier molecular flexibility index (Phi) is 5.71. The highest BCUT2D eigenvalue weighted by Crippen LogP contribution is 2.33. The smallest absolute Gasteiger partial charge is 0.349 e. The number of carbonyl (C=O) groups is 1. The maximum Gasteiger partial charge on any atom is 0.349 e. The van der Waals surface area contributed by atoms with Gasteiger partial charge in [-0.05, 0) is 29.6 Å². The second kappa shape index (κ2) is 7.83. The van der Waals surface area contributed by atoms with Crippen LogP contribution in [-0.2, 0) is 19.5 Å². The minimum atomic E-state index is -3.99. The second-order valence-electron chi connectivity index (χ2n) is 5.47. The van der Waals surface area contributed by atoms with Crippen LogP contribution in [0.3, 0.4) is 0 Å². The summed E-state index contributed by atoms with van der Waals surface area (Å²) in [6.45, 7) is 2.40. The molecule has 140 valence electrons. The van der Waals surface area contributed by atoms with Crippen LogP contribution in [0.15, 0.2) is 34.5 Å². The van der Waals surface area contributed by atoms with Gasteiger partial charge in [0.15, 0.2) is 0 Å². The number of nitrogens with one attached hydrogen (secondary N) is 1. The molecule has 0 atom stereocenters. The van der Waals surface area contributed by atoms with E-state index in [9.17, 15) is 13.2 Å². The van der Waals surface area contributed by atoms with E-state index in [4.69, 9.17) is 16.3 Å². The summed E-state index contributed by atoms with van der Waals surface area (Å²) in [6.07, 6.45) is 0. The van der Waals surface area contributed by atoms with Crippen molar-refractivity contribution in [2.24, 2.45) is 0 Å². The first-order valence-corrected chi connectivity index (χ1v) is 10.5. The van der Waals surface area contributed by atoms with Crippen molar-refractivity contribution in [2.45, 2.75) is 4.90 Å².